The van der Waals surface area contributed by atoms with Crippen molar-refractivity contribution in [3.63, 3.8) is 0 Å². The number of nitrogens with zero attached hydrogens (tertiary/aromatic N) is 19. The van der Waals surface area contributed by atoms with Crippen molar-refractivity contribution in [1.29, 1.82) is 0 Å². The first-order chi connectivity index (χ1) is 56.1. The fraction of sp³-hybridized carbons (Fsp3) is 0.873. The number of alkyl halides is 3. The Balaban J connectivity index is 0. The number of isothiocyanates is 1. The van der Waals surface area contributed by atoms with Crippen LogP contribution in [0.2, 0.25) is 0 Å². The number of carbonyl (C=O) groups is 4. The zero-order chi connectivity index (χ0) is 87.5. The van der Waals surface area contributed by atoms with Crippen molar-refractivity contribution >= 4 is 115 Å². The third-order valence-corrected chi connectivity index (χ3v) is 23.4. The van der Waals surface area contributed by atoms with Gasteiger partial charge < -0.3 is 110 Å². The Labute approximate surface area is 867 Å². The molecule has 0 aromatic heterocycles. The molecule has 0 aliphatic carbocycles. The number of aliphatic imine (C=N–C) groups is 1. The van der Waals surface area contributed by atoms with Crippen LogP contribution in [-0.4, -0.2) is 462 Å². The Morgan fingerprint density at radius 3 is 0.738 bits per heavy atom. The van der Waals surface area contributed by atoms with Gasteiger partial charge in [-0.15, -0.1) is 42.0 Å². The zero-order valence-corrected chi connectivity index (χ0v) is 91.4. The number of hydrogen-bond acceptors (Lipinski definition) is 28. The Morgan fingerprint density at radius 2 is 0.549 bits per heavy atom. The average molecular weight is 2170 g/mol. The number of carboxylic acid groups (broad SMARTS) is 4. The number of fused-ring (bicyclic) bond motifs is 12. The third kappa shape index (κ3) is 62.0. The fourth-order valence-electron chi connectivity index (χ4n) is 16.0. The molecule has 32 nitrogen and oxygen atoms in total. The molecule has 0 saturated carbocycles. The van der Waals surface area contributed by atoms with Gasteiger partial charge in [-0.3, -0.25) is 45.4 Å². The summed E-state index contributed by atoms with van der Waals surface area (Å²) in [6.07, 6.45) is 9.75. The predicted octanol–water partition coefficient (Wildman–Crippen LogP) is 6.44. The molecule has 6 N–H and O–H groups in total. The second-order valence-electron chi connectivity index (χ2n) is 33.2. The first kappa shape index (κ1) is 125. The van der Waals surface area contributed by atoms with Crippen LogP contribution in [0.25, 0.3) is 0 Å². The summed E-state index contributed by atoms with van der Waals surface area (Å²) < 4.78 is -0.806. The molecule has 8 aliphatic rings. The zero-order valence-electron chi connectivity index (χ0n) is 74.6. The van der Waals surface area contributed by atoms with Gasteiger partial charge in [0.1, 0.15) is 0 Å². The standard InChI is InChI=1S/C20H36N5O2S.2C19H36N5O4.C19H38N5O2.CHCl3.CCl2S.4Y/c1-18(21-17-28)15-19(20(26)27)16-25-8-4-7-23-10-9-22(2)5-3-6-24(12-11-23)13-14-25;2*1-17(24(27)28)15-18(19(25)26)16-23-8-4-7-21-10-9-20(2)5-3-6-22(12-11-21)13-14-23;1-17(20)15-18(19(25)26)16-24-8-4-7-22-10-9-21(2)5-3-6-23(12-11-22)13-14-24;2*2-1(3)4;;;;/h19H,3-16H2,1-2H3,(H,26,27);2*18H,3-16H2,1-2H3,(H,25,26);18H,3-16,20H2,1-2H3,(H,25,26);1H;;;;;/q4*-1;;;;;;. The maximum Gasteiger partial charge on any atom is 0.306 e. The Bertz CT molecular complexity index is 2670. The number of halogens is 5. The van der Waals surface area contributed by atoms with Gasteiger partial charge in [0, 0.05) is 320 Å². The number of carboxylic acids is 4. The Kier molecular flexibility index (Phi) is 76.8. The summed E-state index contributed by atoms with van der Waals surface area (Å²) in [6, 6.07) is 1.49. The minimum atomic E-state index is -0.950. The van der Waals surface area contributed by atoms with E-state index < -0.39 is 61.7 Å². The van der Waals surface area contributed by atoms with Crippen LogP contribution < -0.4 is 5.73 Å². The van der Waals surface area contributed by atoms with E-state index in [0.29, 0.717) is 45.1 Å². The molecule has 12 unspecified atom stereocenters. The second kappa shape index (κ2) is 74.7. The number of nitro groups is 2. The summed E-state index contributed by atoms with van der Waals surface area (Å²) in [5.41, 5.74) is 5.78. The van der Waals surface area contributed by atoms with Crippen LogP contribution in [0.1, 0.15) is 105 Å². The molecule has 8 saturated heterocycles. The third-order valence-electron chi connectivity index (χ3n) is 23.3. The van der Waals surface area contributed by atoms with E-state index in [4.69, 9.17) is 63.7 Å². The van der Waals surface area contributed by atoms with E-state index in [2.05, 4.69) is 141 Å². The Hall–Kier alpha value is 1.37. The van der Waals surface area contributed by atoms with Crippen LogP contribution in [0.5, 0.6) is 0 Å². The molecule has 8 fully saturated rings. The predicted molar refractivity (Wildman–Crippen MR) is 482 cm³/mol. The molecule has 4 radical (unpaired) electrons. The summed E-state index contributed by atoms with van der Waals surface area (Å²) in [5, 5.41) is 62.5. The summed E-state index contributed by atoms with van der Waals surface area (Å²) >= 11 is 32.7. The van der Waals surface area contributed by atoms with Gasteiger partial charge in [0.05, 0.1) is 17.8 Å². The van der Waals surface area contributed by atoms with Gasteiger partial charge in [-0.1, -0.05) is 96.4 Å². The molecule has 8 rings (SSSR count). The van der Waals surface area contributed by atoms with Crippen LogP contribution >= 0.6 is 82.4 Å². The van der Waals surface area contributed by atoms with E-state index >= 15 is 0 Å². The molecule has 698 valence electrons. The van der Waals surface area contributed by atoms with Gasteiger partial charge >= 0.3 is 23.9 Å². The van der Waals surface area contributed by atoms with Crippen molar-refractivity contribution in [3.05, 3.63) is 44.4 Å². The van der Waals surface area contributed by atoms with E-state index in [1.807, 2.05) is 13.8 Å². The van der Waals surface area contributed by atoms with Crippen molar-refractivity contribution in [2.24, 2.45) is 34.4 Å². The number of aliphatic carboxylic acids is 4. The first-order valence-corrected chi connectivity index (χ1v) is 45.5. The van der Waals surface area contributed by atoms with E-state index in [9.17, 15) is 59.8 Å². The average Bonchev–Trinajstić information content (AvgIpc) is 0.896. The summed E-state index contributed by atoms with van der Waals surface area (Å²) in [7, 11) is 8.82. The van der Waals surface area contributed by atoms with Crippen LogP contribution in [0.4, 0.5) is 0 Å². The van der Waals surface area contributed by atoms with Gasteiger partial charge in [-0.25, -0.2) is 0 Å². The van der Waals surface area contributed by atoms with Gasteiger partial charge in [-0.2, -0.15) is 18.5 Å². The molecular weight excluding hydrogens is 2020 g/mol. The number of nitrogens with two attached hydrogens (primary N) is 1. The molecule has 12 atom stereocenters. The molecule has 0 amide bonds. The van der Waals surface area contributed by atoms with Crippen LogP contribution in [0.15, 0.2) is 4.99 Å². The SMILES string of the molecule is C[C-](CC(CN1CCCN2CCN(C)CCCN(CC2)CC1)C(=O)O)N=C=S.C[C-](CC(CN1CCCN2CCN(C)CCCN(CC2)CC1)C(=O)O)[N+](=O)[O-].C[C-](CC(CN1CCCN2CCN(C)CCCN(CC2)CC1)C(=O)O)[N+](=O)[O-].C[C-](N)CC(CN1CCCN2CCN(C)CCCN(CC2)CC1)C(=O)O.ClC(Cl)Cl.S=C(Cl)Cl.[Y].[Y].[Y].[Y]. The van der Waals surface area contributed by atoms with Crippen LogP contribution in [0, 0.1) is 68.1 Å². The van der Waals surface area contributed by atoms with E-state index in [-0.39, 0.29) is 160 Å². The number of likely N-dealkylation sites (N-methyl/N-ethyl adjacent to an activating group) is 4. The maximum absolute atomic E-state index is 11.8. The molecule has 0 spiro atoms. The fourth-order valence-corrected chi connectivity index (χ4v) is 16.2. The molecule has 0 aromatic carbocycles. The molecule has 8 bridgehead atoms. The number of thiocarbonyl (C=S) groups is 2. The minimum absolute atomic E-state index is 0. The maximum atomic E-state index is 11.8. The van der Waals surface area contributed by atoms with Crippen molar-refractivity contribution in [3.8, 4) is 0 Å². The molecular formula is C79H147Cl5N20O12S2Y4-4. The van der Waals surface area contributed by atoms with Crippen molar-refractivity contribution in [2.75, 3.05) is 316 Å². The molecule has 8 aliphatic heterocycles. The summed E-state index contributed by atoms with van der Waals surface area (Å²) in [6.45, 7) is 50.0. The van der Waals surface area contributed by atoms with Gasteiger partial charge in [-0.05, 0) is 196 Å². The van der Waals surface area contributed by atoms with Gasteiger partial charge in [0.25, 0.3) is 0 Å². The quantitative estimate of drug-likeness (QED) is 0.0140. The molecule has 122 heavy (non-hydrogen) atoms. The Morgan fingerprint density at radius 1 is 0.369 bits per heavy atom. The van der Waals surface area contributed by atoms with Crippen LogP contribution in [0.3, 0.4) is 0 Å². The molecule has 43 heteroatoms. The van der Waals surface area contributed by atoms with E-state index in [0.717, 1.165) is 306 Å². The van der Waals surface area contributed by atoms with Gasteiger partial charge in [0.2, 0.25) is 0 Å². The molecule has 8 heterocycles. The van der Waals surface area contributed by atoms with E-state index in [1.165, 1.54) is 26.7 Å². The van der Waals surface area contributed by atoms with Crippen molar-refractivity contribution in [2.45, 2.75) is 109 Å². The topological polar surface area (TPSA) is 326 Å². The number of rotatable bonds is 23. The second-order valence-corrected chi connectivity index (χ2v) is 37.1. The van der Waals surface area contributed by atoms with Gasteiger partial charge in [0.15, 0.2) is 8.08 Å². The monoisotopic (exact) mass is 2160 g/mol. The van der Waals surface area contributed by atoms with E-state index in [1.54, 1.807) is 0 Å². The molecule has 0 aromatic rings. The normalized spacial score (nSPS) is 25.2. The van der Waals surface area contributed by atoms with Crippen molar-refractivity contribution < 1.29 is 180 Å². The number of hydrogen-bond donors (Lipinski definition) is 5. The minimum Gasteiger partial charge on any atom is -0.481 e. The summed E-state index contributed by atoms with van der Waals surface area (Å²) in [4.78, 5) is 111. The summed E-state index contributed by atoms with van der Waals surface area (Å²) in [5.74, 6) is -5.71. The van der Waals surface area contributed by atoms with Crippen LogP contribution in [-0.2, 0) is 150 Å². The van der Waals surface area contributed by atoms with Crippen molar-refractivity contribution in [1.82, 2.24) is 78.4 Å². The largest absolute Gasteiger partial charge is 0.481 e. The first-order valence-electron chi connectivity index (χ1n) is 42.6. The smallest absolute Gasteiger partial charge is 0.306 e.